The Morgan fingerprint density at radius 2 is 2.18 bits per heavy atom. The van der Waals surface area contributed by atoms with E-state index in [4.69, 9.17) is 4.74 Å². The largest absolute Gasteiger partial charge is 0.369 e. The summed E-state index contributed by atoms with van der Waals surface area (Å²) in [7, 11) is 0. The average molecular weight is 225 g/mol. The Kier molecular flexibility index (Phi) is 2.65. The molecule has 0 spiro atoms. The molecule has 0 saturated heterocycles. The van der Waals surface area contributed by atoms with E-state index in [0.29, 0.717) is 6.61 Å². The van der Waals surface area contributed by atoms with Gasteiger partial charge in [-0.3, -0.25) is 4.98 Å². The molecule has 2 nitrogen and oxygen atoms in total. The van der Waals surface area contributed by atoms with E-state index in [1.54, 1.807) is 0 Å². The molecule has 3 rings (SSSR count). The molecular weight excluding hydrogens is 210 g/mol. The summed E-state index contributed by atoms with van der Waals surface area (Å²) in [5.74, 6) is 0. The number of rotatable bonds is 2. The molecular formula is C15H15NO. The van der Waals surface area contributed by atoms with Crippen LogP contribution in [0.5, 0.6) is 0 Å². The van der Waals surface area contributed by atoms with Crippen LogP contribution in [0.4, 0.5) is 0 Å². The first kappa shape index (κ1) is 10.5. The number of ether oxygens (including phenoxy) is 1. The molecule has 2 heteroatoms. The first-order valence-corrected chi connectivity index (χ1v) is 6.05. The molecule has 1 atom stereocenters. The molecule has 0 radical (unpaired) electrons. The van der Waals surface area contributed by atoms with Gasteiger partial charge in [0, 0.05) is 11.8 Å². The van der Waals surface area contributed by atoms with Crippen molar-refractivity contribution >= 4 is 0 Å². The van der Waals surface area contributed by atoms with Crippen molar-refractivity contribution in [3.05, 3.63) is 53.7 Å². The molecule has 0 unspecified atom stereocenters. The molecule has 1 aromatic carbocycles. The summed E-state index contributed by atoms with van der Waals surface area (Å²) in [6.07, 6.45) is 3.12. The third kappa shape index (κ3) is 1.75. The molecule has 17 heavy (non-hydrogen) atoms. The van der Waals surface area contributed by atoms with Crippen molar-refractivity contribution < 1.29 is 4.74 Å². The van der Waals surface area contributed by atoms with Crippen LogP contribution in [-0.4, -0.2) is 4.98 Å². The summed E-state index contributed by atoms with van der Waals surface area (Å²) in [4.78, 5) is 4.42. The Balaban J connectivity index is 2.12. The van der Waals surface area contributed by atoms with Crippen molar-refractivity contribution in [1.82, 2.24) is 4.98 Å². The van der Waals surface area contributed by atoms with Gasteiger partial charge in [0.05, 0.1) is 18.4 Å². The van der Waals surface area contributed by atoms with Gasteiger partial charge in [-0.25, -0.2) is 0 Å². The van der Waals surface area contributed by atoms with E-state index in [0.717, 1.165) is 12.1 Å². The third-order valence-electron chi connectivity index (χ3n) is 3.30. The molecule has 2 aromatic rings. The molecule has 2 heterocycles. The molecule has 1 aromatic heterocycles. The highest BCUT2D eigenvalue weighted by Crippen LogP contribution is 2.37. The highest BCUT2D eigenvalue weighted by Gasteiger charge is 2.24. The van der Waals surface area contributed by atoms with Crippen molar-refractivity contribution in [2.45, 2.75) is 26.1 Å². The Bertz CT molecular complexity index is 522. The first-order valence-electron chi connectivity index (χ1n) is 6.05. The lowest BCUT2D eigenvalue weighted by Gasteiger charge is -2.08. The summed E-state index contributed by atoms with van der Waals surface area (Å²) in [5, 5.41) is 0. The van der Waals surface area contributed by atoms with Crippen LogP contribution >= 0.6 is 0 Å². The van der Waals surface area contributed by atoms with Gasteiger partial charge in [0.25, 0.3) is 0 Å². The summed E-state index contributed by atoms with van der Waals surface area (Å²) in [5.41, 5.74) is 4.87. The Morgan fingerprint density at radius 1 is 1.24 bits per heavy atom. The van der Waals surface area contributed by atoms with E-state index < -0.39 is 0 Å². The van der Waals surface area contributed by atoms with E-state index in [2.05, 4.69) is 36.2 Å². The van der Waals surface area contributed by atoms with Crippen molar-refractivity contribution in [2.75, 3.05) is 0 Å². The molecule has 0 saturated carbocycles. The van der Waals surface area contributed by atoms with Crippen LogP contribution in [0.15, 0.2) is 42.6 Å². The van der Waals surface area contributed by atoms with Gasteiger partial charge in [-0.05, 0) is 29.7 Å². The van der Waals surface area contributed by atoms with E-state index in [-0.39, 0.29) is 6.10 Å². The number of hydrogen-bond acceptors (Lipinski definition) is 2. The normalized spacial score (nSPS) is 18.1. The van der Waals surface area contributed by atoms with Gasteiger partial charge in [-0.2, -0.15) is 0 Å². The second kappa shape index (κ2) is 4.30. The molecule has 86 valence electrons. The summed E-state index contributed by atoms with van der Waals surface area (Å²) in [6.45, 7) is 2.87. The van der Waals surface area contributed by atoms with Crippen molar-refractivity contribution in [1.29, 1.82) is 0 Å². The smallest absolute Gasteiger partial charge is 0.0830 e. The lowest BCUT2D eigenvalue weighted by molar-refractivity contribution is 0.0637. The predicted molar refractivity (Wildman–Crippen MR) is 67.5 cm³/mol. The molecule has 0 amide bonds. The van der Waals surface area contributed by atoms with Gasteiger partial charge < -0.3 is 4.74 Å². The highest BCUT2D eigenvalue weighted by molar-refractivity contribution is 5.66. The topological polar surface area (TPSA) is 22.1 Å². The Hall–Kier alpha value is -1.67. The number of pyridine rings is 1. The van der Waals surface area contributed by atoms with Gasteiger partial charge in [-0.15, -0.1) is 0 Å². The maximum Gasteiger partial charge on any atom is 0.0830 e. The van der Waals surface area contributed by atoms with E-state index in [9.17, 15) is 0 Å². The second-order valence-electron chi connectivity index (χ2n) is 4.30. The molecule has 0 N–H and O–H groups in total. The number of aromatic nitrogens is 1. The lowest BCUT2D eigenvalue weighted by atomic mass is 9.97. The fourth-order valence-corrected chi connectivity index (χ4v) is 2.44. The first-order chi connectivity index (χ1) is 8.40. The summed E-state index contributed by atoms with van der Waals surface area (Å²) >= 11 is 0. The fourth-order valence-electron chi connectivity index (χ4n) is 2.44. The SMILES string of the molecule is CC[C@@H]1OCc2c(-c3ccccn3)cccc21. The molecule has 0 bridgehead atoms. The minimum absolute atomic E-state index is 0.258. The van der Waals surface area contributed by atoms with Gasteiger partial charge in [0.15, 0.2) is 0 Å². The van der Waals surface area contributed by atoms with Crippen molar-refractivity contribution in [3.8, 4) is 11.3 Å². The Morgan fingerprint density at radius 3 is 2.94 bits per heavy atom. The van der Waals surface area contributed by atoms with Gasteiger partial charge in [0.2, 0.25) is 0 Å². The van der Waals surface area contributed by atoms with Gasteiger partial charge in [-0.1, -0.05) is 31.2 Å². The molecule has 0 fully saturated rings. The van der Waals surface area contributed by atoms with E-state index in [1.807, 2.05) is 18.3 Å². The van der Waals surface area contributed by atoms with E-state index in [1.165, 1.54) is 16.7 Å². The van der Waals surface area contributed by atoms with Gasteiger partial charge in [0.1, 0.15) is 0 Å². The minimum atomic E-state index is 0.258. The van der Waals surface area contributed by atoms with Crippen molar-refractivity contribution in [2.24, 2.45) is 0 Å². The summed E-state index contributed by atoms with van der Waals surface area (Å²) < 4.78 is 5.81. The van der Waals surface area contributed by atoms with Crippen LogP contribution in [0, 0.1) is 0 Å². The van der Waals surface area contributed by atoms with Crippen LogP contribution in [-0.2, 0) is 11.3 Å². The zero-order valence-corrected chi connectivity index (χ0v) is 9.89. The number of hydrogen-bond donors (Lipinski definition) is 0. The quantitative estimate of drug-likeness (QED) is 0.777. The molecule has 1 aliphatic heterocycles. The van der Waals surface area contributed by atoms with Crippen LogP contribution in [0.2, 0.25) is 0 Å². The number of benzene rings is 1. The maximum absolute atomic E-state index is 5.81. The van der Waals surface area contributed by atoms with E-state index >= 15 is 0 Å². The van der Waals surface area contributed by atoms with Crippen LogP contribution in [0.1, 0.15) is 30.6 Å². The monoisotopic (exact) mass is 225 g/mol. The number of nitrogens with zero attached hydrogens (tertiary/aromatic N) is 1. The van der Waals surface area contributed by atoms with Crippen molar-refractivity contribution in [3.63, 3.8) is 0 Å². The standard InChI is InChI=1S/C15H15NO/c1-2-15-12-7-5-6-11(13(12)10-17-15)14-8-3-4-9-16-14/h3-9,15H,2,10H2,1H3/t15-/m0/s1. The zero-order chi connectivity index (χ0) is 11.7. The molecule has 0 aliphatic carbocycles. The van der Waals surface area contributed by atoms with Crippen LogP contribution < -0.4 is 0 Å². The average Bonchev–Trinajstić information content (AvgIpc) is 2.82. The van der Waals surface area contributed by atoms with Crippen LogP contribution in [0.25, 0.3) is 11.3 Å². The summed E-state index contributed by atoms with van der Waals surface area (Å²) in [6, 6.07) is 12.4. The zero-order valence-electron chi connectivity index (χ0n) is 9.89. The third-order valence-corrected chi connectivity index (χ3v) is 3.30. The Labute approximate surface area is 101 Å². The fraction of sp³-hybridized carbons (Fsp3) is 0.267. The van der Waals surface area contributed by atoms with Crippen LogP contribution in [0.3, 0.4) is 0 Å². The predicted octanol–water partition coefficient (Wildman–Crippen LogP) is 3.73. The minimum Gasteiger partial charge on any atom is -0.369 e. The highest BCUT2D eigenvalue weighted by atomic mass is 16.5. The van der Waals surface area contributed by atoms with Gasteiger partial charge >= 0.3 is 0 Å². The second-order valence-corrected chi connectivity index (χ2v) is 4.30. The maximum atomic E-state index is 5.81. The lowest BCUT2D eigenvalue weighted by Crippen LogP contribution is -1.93. The molecule has 1 aliphatic rings. The number of fused-ring (bicyclic) bond motifs is 1.